The minimum absolute atomic E-state index is 0.215. The van der Waals surface area contributed by atoms with Crippen LogP contribution in [0.3, 0.4) is 0 Å². The second-order valence-corrected chi connectivity index (χ2v) is 9.14. The van der Waals surface area contributed by atoms with Gasteiger partial charge in [-0.3, -0.25) is 9.59 Å². The first-order valence-corrected chi connectivity index (χ1v) is 12.9. The van der Waals surface area contributed by atoms with E-state index in [-0.39, 0.29) is 22.6 Å². The molecule has 4 rings (SSSR count). The Labute approximate surface area is 212 Å². The van der Waals surface area contributed by atoms with Crippen molar-refractivity contribution in [1.29, 1.82) is 0 Å². The molecule has 36 heavy (non-hydrogen) atoms. The number of ether oxygens (including phenoxy) is 3. The fourth-order valence-corrected chi connectivity index (χ4v) is 4.44. The molecule has 0 bridgehead atoms. The number of hydrogen-bond acceptors (Lipinski definition) is 8. The van der Waals surface area contributed by atoms with Crippen molar-refractivity contribution in [2.45, 2.75) is 40.0 Å². The van der Waals surface area contributed by atoms with Gasteiger partial charge in [-0.1, -0.05) is 43.4 Å². The lowest BCUT2D eigenvalue weighted by atomic mass is 10.1. The molecule has 0 aliphatic heterocycles. The molecule has 0 radical (unpaired) electrons. The van der Waals surface area contributed by atoms with Crippen LogP contribution >= 0.6 is 11.3 Å². The Kier molecular flexibility index (Phi) is 8.32. The number of nitrogens with zero attached hydrogens (tertiary/aromatic N) is 3. The van der Waals surface area contributed by atoms with E-state index in [0.29, 0.717) is 35.9 Å². The number of fused-ring (bicyclic) bond motifs is 1. The minimum Gasteiger partial charge on any atom is -0.494 e. The van der Waals surface area contributed by atoms with Crippen molar-refractivity contribution < 1.29 is 14.2 Å². The van der Waals surface area contributed by atoms with Crippen LogP contribution in [0.15, 0.2) is 52.1 Å². The Hall–Kier alpha value is -3.72. The summed E-state index contributed by atoms with van der Waals surface area (Å²) in [7, 11) is 0. The molecule has 0 fully saturated rings. The molecular formula is C27H29N3O5S. The summed E-state index contributed by atoms with van der Waals surface area (Å²) in [6, 6.07) is 13.0. The topological polar surface area (TPSA) is 92.0 Å². The van der Waals surface area contributed by atoms with Gasteiger partial charge in [-0.05, 0) is 61.2 Å². The van der Waals surface area contributed by atoms with Crippen molar-refractivity contribution in [3.05, 3.63) is 84.5 Å². The lowest BCUT2D eigenvalue weighted by Crippen LogP contribution is -2.28. The van der Waals surface area contributed by atoms with Crippen LogP contribution in [-0.4, -0.2) is 34.4 Å². The zero-order valence-corrected chi connectivity index (χ0v) is 21.5. The van der Waals surface area contributed by atoms with E-state index < -0.39 is 5.56 Å². The highest BCUT2D eigenvalue weighted by Crippen LogP contribution is 2.29. The van der Waals surface area contributed by atoms with E-state index in [1.165, 1.54) is 4.52 Å². The molecule has 4 aromatic rings. The van der Waals surface area contributed by atoms with Gasteiger partial charge in [0.1, 0.15) is 11.4 Å². The third kappa shape index (κ3) is 5.91. The zero-order valence-electron chi connectivity index (χ0n) is 20.7. The van der Waals surface area contributed by atoms with Gasteiger partial charge in [-0.2, -0.15) is 14.6 Å². The standard InChI is InChI=1S/C27H29N3O5S/c1-4-13-34-20-10-7-18(8-11-20)15-21-25(31)28-27-30(29-21)26(32)24(36-27)17-19-9-12-22(35-14-5-2)23(16-19)33-6-3/h7-12,16-17H,4-6,13-15H2,1-3H3/b24-17+. The van der Waals surface area contributed by atoms with Crippen molar-refractivity contribution in [3.63, 3.8) is 0 Å². The molecule has 0 N–H and O–H groups in total. The number of thiazole rings is 1. The molecule has 0 spiro atoms. The van der Waals surface area contributed by atoms with Gasteiger partial charge >= 0.3 is 0 Å². The molecule has 0 aliphatic carbocycles. The van der Waals surface area contributed by atoms with Gasteiger partial charge < -0.3 is 14.2 Å². The zero-order chi connectivity index (χ0) is 25.5. The lowest BCUT2D eigenvalue weighted by molar-refractivity contribution is 0.277. The van der Waals surface area contributed by atoms with Crippen LogP contribution in [0.25, 0.3) is 11.0 Å². The van der Waals surface area contributed by atoms with Gasteiger partial charge in [0.15, 0.2) is 11.5 Å². The molecule has 0 saturated heterocycles. The van der Waals surface area contributed by atoms with Gasteiger partial charge in [0.25, 0.3) is 11.1 Å². The first-order valence-electron chi connectivity index (χ1n) is 12.1. The molecule has 8 nitrogen and oxygen atoms in total. The molecular weight excluding hydrogens is 478 g/mol. The monoisotopic (exact) mass is 507 g/mol. The summed E-state index contributed by atoms with van der Waals surface area (Å²) >= 11 is 1.13. The maximum Gasteiger partial charge on any atom is 0.296 e. The summed E-state index contributed by atoms with van der Waals surface area (Å²) in [5.41, 5.74) is 1.11. The minimum atomic E-state index is -0.440. The average Bonchev–Trinajstić information content (AvgIpc) is 3.17. The predicted molar refractivity (Wildman–Crippen MR) is 141 cm³/mol. The number of hydrogen-bond donors (Lipinski definition) is 0. The molecule has 2 aromatic heterocycles. The van der Waals surface area contributed by atoms with Gasteiger partial charge in [0.2, 0.25) is 4.96 Å². The van der Waals surface area contributed by atoms with Crippen molar-refractivity contribution in [1.82, 2.24) is 14.6 Å². The van der Waals surface area contributed by atoms with E-state index in [4.69, 9.17) is 14.2 Å². The van der Waals surface area contributed by atoms with E-state index in [0.717, 1.165) is 41.1 Å². The van der Waals surface area contributed by atoms with Crippen molar-refractivity contribution in [2.24, 2.45) is 0 Å². The Morgan fingerprint density at radius 3 is 2.39 bits per heavy atom. The summed E-state index contributed by atoms with van der Waals surface area (Å²) in [4.78, 5) is 30.1. The molecule has 2 aromatic carbocycles. The van der Waals surface area contributed by atoms with Crippen LogP contribution in [0.2, 0.25) is 0 Å². The van der Waals surface area contributed by atoms with E-state index in [1.54, 1.807) is 6.08 Å². The second kappa shape index (κ2) is 11.8. The highest BCUT2D eigenvalue weighted by atomic mass is 32.1. The van der Waals surface area contributed by atoms with Crippen LogP contribution in [-0.2, 0) is 6.42 Å². The fraction of sp³-hybridized carbons (Fsp3) is 0.333. The van der Waals surface area contributed by atoms with Gasteiger partial charge in [0, 0.05) is 6.42 Å². The Balaban J connectivity index is 1.64. The van der Waals surface area contributed by atoms with Crippen LogP contribution in [0.4, 0.5) is 0 Å². The van der Waals surface area contributed by atoms with E-state index in [9.17, 15) is 9.59 Å². The number of benzene rings is 2. The Bertz CT molecular complexity index is 1500. The largest absolute Gasteiger partial charge is 0.494 e. The first-order chi connectivity index (χ1) is 17.5. The van der Waals surface area contributed by atoms with Crippen LogP contribution in [0.5, 0.6) is 17.2 Å². The SMILES string of the molecule is CCCOc1ccc(Cc2nn3c(=O)/c(=C\c4ccc(OCCC)c(OCC)c4)sc3nc2=O)cc1. The van der Waals surface area contributed by atoms with Crippen LogP contribution in [0.1, 0.15) is 50.4 Å². The summed E-state index contributed by atoms with van der Waals surface area (Å²) in [5.74, 6) is 2.06. The highest BCUT2D eigenvalue weighted by Gasteiger charge is 2.13. The Morgan fingerprint density at radius 1 is 0.917 bits per heavy atom. The highest BCUT2D eigenvalue weighted by molar-refractivity contribution is 7.15. The molecule has 0 saturated carbocycles. The summed E-state index contributed by atoms with van der Waals surface area (Å²) in [6.45, 7) is 7.73. The van der Waals surface area contributed by atoms with Crippen molar-refractivity contribution in [3.8, 4) is 17.2 Å². The molecule has 188 valence electrons. The summed E-state index contributed by atoms with van der Waals surface area (Å²) in [5, 5.41) is 4.34. The maximum absolute atomic E-state index is 13.1. The molecule has 9 heteroatoms. The molecule has 0 aliphatic rings. The lowest BCUT2D eigenvalue weighted by Gasteiger charge is -2.11. The quantitative estimate of drug-likeness (QED) is 0.306. The summed E-state index contributed by atoms with van der Waals surface area (Å²) < 4.78 is 18.7. The number of rotatable bonds is 11. The molecule has 2 heterocycles. The Morgan fingerprint density at radius 2 is 1.67 bits per heavy atom. The third-order valence-corrected chi connectivity index (χ3v) is 6.20. The second-order valence-electron chi connectivity index (χ2n) is 8.13. The smallest absolute Gasteiger partial charge is 0.296 e. The van der Waals surface area contributed by atoms with E-state index >= 15 is 0 Å². The summed E-state index contributed by atoms with van der Waals surface area (Å²) in [6.07, 6.45) is 3.83. The third-order valence-electron chi connectivity index (χ3n) is 5.25. The van der Waals surface area contributed by atoms with Gasteiger partial charge in [0.05, 0.1) is 24.4 Å². The molecule has 0 amide bonds. The van der Waals surface area contributed by atoms with Crippen LogP contribution < -0.4 is 29.9 Å². The van der Waals surface area contributed by atoms with Crippen molar-refractivity contribution >= 4 is 22.4 Å². The predicted octanol–water partition coefficient (Wildman–Crippen LogP) is 3.63. The number of aromatic nitrogens is 3. The van der Waals surface area contributed by atoms with Gasteiger partial charge in [-0.25, -0.2) is 0 Å². The molecule has 0 atom stereocenters. The fourth-order valence-electron chi connectivity index (χ4n) is 3.53. The first kappa shape index (κ1) is 25.4. The normalized spacial score (nSPS) is 11.7. The maximum atomic E-state index is 13.1. The van der Waals surface area contributed by atoms with Crippen LogP contribution in [0, 0.1) is 0 Å². The van der Waals surface area contributed by atoms with E-state index in [2.05, 4.69) is 10.1 Å². The van der Waals surface area contributed by atoms with Crippen molar-refractivity contribution in [2.75, 3.05) is 19.8 Å². The van der Waals surface area contributed by atoms with E-state index in [1.807, 2.05) is 63.2 Å². The molecule has 0 unspecified atom stereocenters. The van der Waals surface area contributed by atoms with Gasteiger partial charge in [-0.15, -0.1) is 0 Å². The average molecular weight is 508 g/mol.